The van der Waals surface area contributed by atoms with E-state index in [9.17, 15) is 4.39 Å². The van der Waals surface area contributed by atoms with E-state index in [2.05, 4.69) is 15.9 Å². The molecule has 0 aliphatic carbocycles. The molecule has 0 aromatic heterocycles. The van der Waals surface area contributed by atoms with Crippen LogP contribution < -0.4 is 9.47 Å². The zero-order valence-electron chi connectivity index (χ0n) is 10.8. The van der Waals surface area contributed by atoms with Crippen LogP contribution in [0, 0.1) is 5.82 Å². The van der Waals surface area contributed by atoms with Crippen LogP contribution in [0.2, 0.25) is 0 Å². The van der Waals surface area contributed by atoms with E-state index in [0.29, 0.717) is 13.2 Å². The molecule has 2 nitrogen and oxygen atoms in total. The van der Waals surface area contributed by atoms with Gasteiger partial charge in [0.05, 0.1) is 0 Å². The second kappa shape index (κ2) is 7.70. The summed E-state index contributed by atoms with van der Waals surface area (Å²) in [7, 11) is 0. The highest BCUT2D eigenvalue weighted by Crippen LogP contribution is 2.16. The third kappa shape index (κ3) is 4.70. The zero-order valence-corrected chi connectivity index (χ0v) is 12.3. The molecule has 0 saturated carbocycles. The second-order valence-electron chi connectivity index (χ2n) is 3.98. The Balaban J connectivity index is 1.70. The fraction of sp³-hybridized carbons (Fsp3) is 0.125. The van der Waals surface area contributed by atoms with Crippen molar-refractivity contribution in [3.05, 3.63) is 71.0 Å². The van der Waals surface area contributed by atoms with Crippen molar-refractivity contribution in [2.45, 2.75) is 0 Å². The highest BCUT2D eigenvalue weighted by atomic mass is 79.9. The molecule has 0 heterocycles. The lowest BCUT2D eigenvalue weighted by molar-refractivity contribution is 0.336. The molecule has 0 amide bonds. The lowest BCUT2D eigenvalue weighted by Gasteiger charge is -2.04. The van der Waals surface area contributed by atoms with Gasteiger partial charge in [-0.25, -0.2) is 4.39 Å². The van der Waals surface area contributed by atoms with Gasteiger partial charge >= 0.3 is 0 Å². The van der Waals surface area contributed by atoms with Gasteiger partial charge in [0, 0.05) is 4.47 Å². The molecule has 2 rings (SSSR count). The molecule has 0 unspecified atom stereocenters. The summed E-state index contributed by atoms with van der Waals surface area (Å²) in [5.41, 5.74) is 0. The number of rotatable bonds is 6. The van der Waals surface area contributed by atoms with E-state index in [4.69, 9.17) is 9.47 Å². The first kappa shape index (κ1) is 14.6. The predicted octanol–water partition coefficient (Wildman–Crippen LogP) is 4.60. The third-order valence-corrected chi connectivity index (χ3v) is 3.03. The molecule has 2 aromatic carbocycles. The molecule has 0 bridgehead atoms. The number of para-hydroxylation sites is 1. The van der Waals surface area contributed by atoms with Crippen molar-refractivity contribution in [3.8, 4) is 11.5 Å². The number of halogens is 2. The topological polar surface area (TPSA) is 18.5 Å². The number of ether oxygens (including phenoxy) is 2. The largest absolute Gasteiger partial charge is 0.490 e. The maximum absolute atomic E-state index is 13.2. The first-order valence-corrected chi connectivity index (χ1v) is 6.96. The highest BCUT2D eigenvalue weighted by molar-refractivity contribution is 9.10. The molecule has 0 aliphatic rings. The summed E-state index contributed by atoms with van der Waals surface area (Å²) in [5.74, 6) is 0.700. The number of benzene rings is 2. The van der Waals surface area contributed by atoms with Crippen LogP contribution in [0.3, 0.4) is 0 Å². The minimum Gasteiger partial charge on any atom is -0.490 e. The van der Waals surface area contributed by atoms with Crippen molar-refractivity contribution < 1.29 is 13.9 Å². The fourth-order valence-corrected chi connectivity index (χ4v) is 1.78. The van der Waals surface area contributed by atoms with E-state index in [-0.39, 0.29) is 11.6 Å². The maximum Gasteiger partial charge on any atom is 0.165 e. The summed E-state index contributed by atoms with van der Waals surface area (Å²) in [6.07, 6.45) is 3.63. The molecule has 104 valence electrons. The van der Waals surface area contributed by atoms with Crippen LogP contribution in [-0.4, -0.2) is 13.2 Å². The van der Waals surface area contributed by atoms with Gasteiger partial charge in [0.2, 0.25) is 0 Å². The summed E-state index contributed by atoms with van der Waals surface area (Å²) < 4.78 is 25.0. The van der Waals surface area contributed by atoms with Gasteiger partial charge in [-0.3, -0.25) is 0 Å². The van der Waals surface area contributed by atoms with Crippen molar-refractivity contribution in [2.24, 2.45) is 0 Å². The van der Waals surface area contributed by atoms with E-state index in [1.54, 1.807) is 24.3 Å². The average molecular weight is 337 g/mol. The second-order valence-corrected chi connectivity index (χ2v) is 4.89. The molecule has 0 atom stereocenters. The fourth-order valence-electron chi connectivity index (χ4n) is 1.51. The number of hydrogen-bond donors (Lipinski definition) is 0. The summed E-state index contributed by atoms with van der Waals surface area (Å²) in [4.78, 5) is 0. The van der Waals surface area contributed by atoms with Gasteiger partial charge in [0.25, 0.3) is 0 Å². The molecule has 20 heavy (non-hydrogen) atoms. The Bertz CT molecular complexity index is 567. The predicted molar refractivity (Wildman–Crippen MR) is 80.7 cm³/mol. The Kier molecular flexibility index (Phi) is 5.62. The van der Waals surface area contributed by atoms with E-state index in [1.165, 1.54) is 6.07 Å². The molecule has 0 fully saturated rings. The third-order valence-electron chi connectivity index (χ3n) is 2.50. The van der Waals surface area contributed by atoms with Crippen LogP contribution in [0.1, 0.15) is 0 Å². The normalized spacial score (nSPS) is 10.7. The average Bonchev–Trinajstić information content (AvgIpc) is 2.46. The molecule has 0 radical (unpaired) electrons. The van der Waals surface area contributed by atoms with E-state index in [0.717, 1.165) is 10.2 Å². The highest BCUT2D eigenvalue weighted by Gasteiger charge is 1.98. The van der Waals surface area contributed by atoms with Crippen LogP contribution in [0.15, 0.2) is 65.2 Å². The Morgan fingerprint density at radius 2 is 1.55 bits per heavy atom. The molecule has 0 saturated heterocycles. The minimum absolute atomic E-state index is 0.256. The van der Waals surface area contributed by atoms with Crippen LogP contribution in [0.25, 0.3) is 0 Å². The lowest BCUT2D eigenvalue weighted by atomic mass is 10.3. The van der Waals surface area contributed by atoms with E-state index in [1.807, 2.05) is 30.3 Å². The Labute approximate surface area is 126 Å². The van der Waals surface area contributed by atoms with Gasteiger partial charge in [-0.2, -0.15) is 0 Å². The van der Waals surface area contributed by atoms with E-state index < -0.39 is 0 Å². The van der Waals surface area contributed by atoms with Crippen molar-refractivity contribution in [3.63, 3.8) is 0 Å². The Morgan fingerprint density at radius 3 is 2.25 bits per heavy atom. The lowest BCUT2D eigenvalue weighted by Crippen LogP contribution is -1.98. The quantitative estimate of drug-likeness (QED) is 0.717. The van der Waals surface area contributed by atoms with Gasteiger partial charge in [0.15, 0.2) is 11.6 Å². The standard InChI is InChI=1S/C16H14BrFO2/c17-13-7-9-14(10-8-13)19-11-3-4-12-20-16-6-2-1-5-15(16)18/h1-10H,11-12H2. The van der Waals surface area contributed by atoms with Gasteiger partial charge in [-0.05, 0) is 48.6 Å². The summed E-state index contributed by atoms with van der Waals surface area (Å²) in [5, 5.41) is 0. The maximum atomic E-state index is 13.2. The van der Waals surface area contributed by atoms with Gasteiger partial charge < -0.3 is 9.47 Å². The van der Waals surface area contributed by atoms with Gasteiger partial charge in [0.1, 0.15) is 19.0 Å². The van der Waals surface area contributed by atoms with Gasteiger partial charge in [-0.1, -0.05) is 28.1 Å². The first-order valence-electron chi connectivity index (χ1n) is 6.16. The Morgan fingerprint density at radius 1 is 0.900 bits per heavy atom. The Hall–Kier alpha value is -1.81. The van der Waals surface area contributed by atoms with E-state index >= 15 is 0 Å². The molecule has 0 spiro atoms. The van der Waals surface area contributed by atoms with Crippen molar-refractivity contribution in [1.29, 1.82) is 0 Å². The molecule has 0 aliphatic heterocycles. The zero-order chi connectivity index (χ0) is 14.2. The SMILES string of the molecule is Fc1ccccc1OCC=CCOc1ccc(Br)cc1. The first-order chi connectivity index (χ1) is 9.75. The van der Waals surface area contributed by atoms with Crippen molar-refractivity contribution in [2.75, 3.05) is 13.2 Å². The molecule has 4 heteroatoms. The monoisotopic (exact) mass is 336 g/mol. The number of hydrogen-bond acceptors (Lipinski definition) is 2. The summed E-state index contributed by atoms with van der Waals surface area (Å²) >= 11 is 3.36. The summed E-state index contributed by atoms with van der Waals surface area (Å²) in [6.45, 7) is 0.757. The van der Waals surface area contributed by atoms with Crippen LogP contribution in [-0.2, 0) is 0 Å². The van der Waals surface area contributed by atoms with Crippen molar-refractivity contribution >= 4 is 15.9 Å². The van der Waals surface area contributed by atoms with Gasteiger partial charge in [-0.15, -0.1) is 0 Å². The minimum atomic E-state index is -0.355. The molecule has 2 aromatic rings. The van der Waals surface area contributed by atoms with Crippen LogP contribution in [0.4, 0.5) is 4.39 Å². The van der Waals surface area contributed by atoms with Crippen molar-refractivity contribution in [1.82, 2.24) is 0 Å². The molecular formula is C16H14BrFO2. The molecule has 0 N–H and O–H groups in total. The van der Waals surface area contributed by atoms with Crippen LogP contribution in [0.5, 0.6) is 11.5 Å². The van der Waals surface area contributed by atoms with Crippen LogP contribution >= 0.6 is 15.9 Å². The smallest absolute Gasteiger partial charge is 0.165 e. The molecular weight excluding hydrogens is 323 g/mol. The summed E-state index contributed by atoms with van der Waals surface area (Å²) in [6, 6.07) is 13.9.